The van der Waals surface area contributed by atoms with E-state index in [1.54, 1.807) is 53.6 Å². The van der Waals surface area contributed by atoms with E-state index in [2.05, 4.69) is 15.3 Å². The summed E-state index contributed by atoms with van der Waals surface area (Å²) in [6.45, 7) is 8.04. The van der Waals surface area contributed by atoms with Crippen molar-refractivity contribution < 1.29 is 23.1 Å². The molecule has 0 saturated heterocycles. The summed E-state index contributed by atoms with van der Waals surface area (Å²) in [6.07, 6.45) is 5.16. The number of benzene rings is 1. The molecule has 5 rings (SSSR count). The van der Waals surface area contributed by atoms with Crippen molar-refractivity contribution in [3.05, 3.63) is 66.1 Å². The first-order chi connectivity index (χ1) is 20.4. The lowest BCUT2D eigenvalue weighted by atomic mass is 9.88. The van der Waals surface area contributed by atoms with Gasteiger partial charge in [-0.3, -0.25) is 0 Å². The van der Waals surface area contributed by atoms with Gasteiger partial charge in [-0.25, -0.2) is 27.2 Å². The van der Waals surface area contributed by atoms with Gasteiger partial charge in [-0.2, -0.15) is 0 Å². The van der Waals surface area contributed by atoms with Crippen LogP contribution in [0.25, 0.3) is 22.2 Å². The lowest BCUT2D eigenvalue weighted by molar-refractivity contribution is 0.0556. The summed E-state index contributed by atoms with van der Waals surface area (Å²) in [6, 6.07) is 13.6. The molecule has 1 aliphatic rings. The second kappa shape index (κ2) is 12.0. The second-order valence-electron chi connectivity index (χ2n) is 11.7. The molecule has 3 aromatic heterocycles. The Kier molecular flexibility index (Phi) is 8.58. The average Bonchev–Trinajstić information content (AvgIpc) is 3.33. The van der Waals surface area contributed by atoms with Crippen LogP contribution in [0.15, 0.2) is 65.8 Å². The van der Waals surface area contributed by atoms with Gasteiger partial charge in [-0.15, -0.1) is 0 Å². The predicted molar refractivity (Wildman–Crippen MR) is 167 cm³/mol. The van der Waals surface area contributed by atoms with Gasteiger partial charge in [-0.1, -0.05) is 29.8 Å². The highest BCUT2D eigenvalue weighted by Gasteiger charge is 2.35. The van der Waals surface area contributed by atoms with Crippen molar-refractivity contribution in [3.8, 4) is 16.9 Å². The van der Waals surface area contributed by atoms with Gasteiger partial charge in [-0.05, 0) is 89.3 Å². The minimum absolute atomic E-state index is 0.0526. The van der Waals surface area contributed by atoms with Crippen molar-refractivity contribution >= 4 is 44.6 Å². The van der Waals surface area contributed by atoms with Crippen LogP contribution in [0.4, 0.5) is 10.6 Å². The second-order valence-corrected chi connectivity index (χ2v) is 13.9. The molecule has 0 unspecified atom stereocenters. The Morgan fingerprint density at radius 3 is 2.47 bits per heavy atom. The summed E-state index contributed by atoms with van der Waals surface area (Å²) in [5.74, 6) is 1.07. The minimum atomic E-state index is -3.95. The van der Waals surface area contributed by atoms with Crippen molar-refractivity contribution in [1.82, 2.24) is 18.8 Å². The number of fused-ring (bicyclic) bond motifs is 1. The Morgan fingerprint density at radius 2 is 1.84 bits per heavy atom. The number of aromatic nitrogens is 3. The molecule has 0 spiro atoms. The number of amides is 1. The number of nitrogens with one attached hydrogen (secondary N) is 1. The molecule has 2 N–H and O–H groups in total. The van der Waals surface area contributed by atoms with E-state index in [0.29, 0.717) is 34.7 Å². The summed E-state index contributed by atoms with van der Waals surface area (Å²) < 4.78 is 34.2. The Morgan fingerprint density at radius 1 is 1.14 bits per heavy atom. The van der Waals surface area contributed by atoms with Crippen molar-refractivity contribution in [3.63, 3.8) is 0 Å². The van der Waals surface area contributed by atoms with Crippen LogP contribution >= 0.6 is 11.6 Å². The molecule has 3 heterocycles. The normalized spacial score (nSPS) is 17.5. The lowest BCUT2D eigenvalue weighted by Crippen LogP contribution is -2.52. The number of pyridine rings is 2. The Labute approximate surface area is 256 Å². The molecule has 0 atom stereocenters. The highest BCUT2D eigenvalue weighted by molar-refractivity contribution is 7.90. The smallest absolute Gasteiger partial charge is 0.407 e. The monoisotopic (exact) mass is 625 g/mol. The van der Waals surface area contributed by atoms with Crippen molar-refractivity contribution in [2.75, 3.05) is 11.9 Å². The number of nitrogens with zero attached hydrogens (tertiary/aromatic N) is 4. The van der Waals surface area contributed by atoms with Gasteiger partial charge in [0, 0.05) is 34.8 Å². The van der Waals surface area contributed by atoms with E-state index < -0.39 is 21.7 Å². The summed E-state index contributed by atoms with van der Waals surface area (Å²) in [5, 5.41) is 14.1. The van der Waals surface area contributed by atoms with Crippen LogP contribution in [0.3, 0.4) is 0 Å². The van der Waals surface area contributed by atoms with Crippen molar-refractivity contribution in [2.45, 2.75) is 75.9 Å². The summed E-state index contributed by atoms with van der Waals surface area (Å²) >= 11 is 6.50. The fourth-order valence-electron chi connectivity index (χ4n) is 5.83. The van der Waals surface area contributed by atoms with Gasteiger partial charge in [0.2, 0.25) is 0 Å². The van der Waals surface area contributed by atoms with Crippen LogP contribution in [0.5, 0.6) is 5.75 Å². The number of anilines is 1. The van der Waals surface area contributed by atoms with E-state index in [0.717, 1.165) is 25.7 Å². The van der Waals surface area contributed by atoms with E-state index in [1.807, 2.05) is 33.8 Å². The molecule has 1 aliphatic carbocycles. The Bertz CT molecular complexity index is 1730. The molecule has 0 radical (unpaired) electrons. The fraction of sp³-hybridized carbons (Fsp3) is 0.387. The molecule has 1 amide bonds. The van der Waals surface area contributed by atoms with Crippen molar-refractivity contribution in [1.29, 1.82) is 0 Å². The highest BCUT2D eigenvalue weighted by atomic mass is 35.5. The summed E-state index contributed by atoms with van der Waals surface area (Å²) in [4.78, 5) is 22.6. The first kappa shape index (κ1) is 30.6. The number of halogens is 1. The van der Waals surface area contributed by atoms with Crippen LogP contribution in [-0.4, -0.2) is 62.7 Å². The molecular formula is C31H36ClN5O5S. The zero-order valence-corrected chi connectivity index (χ0v) is 26.2. The van der Waals surface area contributed by atoms with Crippen LogP contribution < -0.4 is 10.1 Å². The average molecular weight is 626 g/mol. The topological polar surface area (TPSA) is 127 Å². The van der Waals surface area contributed by atoms with Crippen molar-refractivity contribution in [2.24, 2.45) is 0 Å². The fourth-order valence-corrected chi connectivity index (χ4v) is 7.38. The first-order valence-corrected chi connectivity index (χ1v) is 16.1. The summed E-state index contributed by atoms with van der Waals surface area (Å²) in [5.41, 5.74) is 1.07. The third-order valence-electron chi connectivity index (χ3n) is 7.65. The molecule has 43 heavy (non-hydrogen) atoms. The largest absolute Gasteiger partial charge is 0.492 e. The quantitative estimate of drug-likeness (QED) is 0.203. The number of ether oxygens (including phenoxy) is 1. The molecule has 228 valence electrons. The molecule has 10 nitrogen and oxygen atoms in total. The van der Waals surface area contributed by atoms with E-state index >= 15 is 0 Å². The maximum atomic E-state index is 13.7. The van der Waals surface area contributed by atoms with Gasteiger partial charge in [0.15, 0.2) is 5.65 Å². The van der Waals surface area contributed by atoms with Gasteiger partial charge in [0.05, 0.1) is 17.7 Å². The molecule has 1 fully saturated rings. The standard InChI is InChI=1S/C31H36ClN5O5S/c1-5-42-23-17-25-26(19-36(29(25)33-18-23)43(40,41)24-9-7-6-8-10-24)20-15-27(32)35-28(16-20)34-21-11-13-22(14-12-21)37(30(38)39)31(2,3)4/h6-10,15-19,21-22H,5,11-14H2,1-4H3,(H,34,35)(H,38,39). The van der Waals surface area contributed by atoms with Gasteiger partial charge >= 0.3 is 6.09 Å². The third-order valence-corrected chi connectivity index (χ3v) is 9.50. The first-order valence-electron chi connectivity index (χ1n) is 14.3. The molecule has 12 heteroatoms. The van der Waals surface area contributed by atoms with E-state index in [9.17, 15) is 18.3 Å². The molecule has 4 aromatic rings. The minimum Gasteiger partial charge on any atom is -0.492 e. The van der Waals surface area contributed by atoms with Gasteiger partial charge in [0.25, 0.3) is 10.0 Å². The van der Waals surface area contributed by atoms with Gasteiger partial charge < -0.3 is 20.1 Å². The number of carbonyl (C=O) groups is 1. The van der Waals surface area contributed by atoms with Crippen LogP contribution in [-0.2, 0) is 10.0 Å². The third kappa shape index (κ3) is 6.42. The van der Waals surface area contributed by atoms with Crippen LogP contribution in [0, 0.1) is 0 Å². The molecular weight excluding hydrogens is 590 g/mol. The lowest BCUT2D eigenvalue weighted by Gasteiger charge is -2.42. The molecule has 1 saturated carbocycles. The van der Waals surface area contributed by atoms with E-state index in [4.69, 9.17) is 16.3 Å². The predicted octanol–water partition coefficient (Wildman–Crippen LogP) is 6.89. The zero-order chi connectivity index (χ0) is 30.9. The van der Waals surface area contributed by atoms with E-state index in [-0.39, 0.29) is 27.8 Å². The number of hydrogen-bond acceptors (Lipinski definition) is 7. The Hall–Kier alpha value is -3.83. The maximum Gasteiger partial charge on any atom is 0.407 e. The molecule has 0 bridgehead atoms. The summed E-state index contributed by atoms with van der Waals surface area (Å²) in [7, 11) is -3.95. The van der Waals surface area contributed by atoms with E-state index in [1.165, 1.54) is 10.2 Å². The Balaban J connectivity index is 1.48. The van der Waals surface area contributed by atoms with Crippen LogP contribution in [0.1, 0.15) is 53.4 Å². The number of hydrogen-bond donors (Lipinski definition) is 2. The SMILES string of the molecule is CCOc1cnc2c(c1)c(-c1cc(Cl)nc(NC3CCC(N(C(=O)O)C(C)(C)C)CC3)c1)cn2S(=O)(=O)c1ccccc1. The van der Waals surface area contributed by atoms with Gasteiger partial charge in [0.1, 0.15) is 16.7 Å². The number of carboxylic acid groups (broad SMARTS) is 1. The molecule has 0 aliphatic heterocycles. The number of rotatable bonds is 8. The maximum absolute atomic E-state index is 13.7. The molecule has 1 aromatic carbocycles. The highest BCUT2D eigenvalue weighted by Crippen LogP contribution is 2.37. The van der Waals surface area contributed by atoms with Crippen LogP contribution in [0.2, 0.25) is 5.15 Å². The zero-order valence-electron chi connectivity index (χ0n) is 24.6.